The van der Waals surface area contributed by atoms with Gasteiger partial charge in [0.15, 0.2) is 0 Å². The largest absolute Gasteiger partial charge is 0.382 e. The van der Waals surface area contributed by atoms with E-state index in [4.69, 9.17) is 5.73 Å². The van der Waals surface area contributed by atoms with Crippen LogP contribution in [0, 0.1) is 5.92 Å². The highest BCUT2D eigenvalue weighted by molar-refractivity contribution is 5.42. The van der Waals surface area contributed by atoms with Crippen LogP contribution in [0.4, 0.5) is 5.82 Å². The number of anilines is 1. The third-order valence-corrected chi connectivity index (χ3v) is 2.98. The lowest BCUT2D eigenvalue weighted by molar-refractivity contribution is 0.705. The van der Waals surface area contributed by atoms with E-state index in [1.54, 1.807) is 0 Å². The summed E-state index contributed by atoms with van der Waals surface area (Å²) >= 11 is 0. The van der Waals surface area contributed by atoms with Gasteiger partial charge in [0.1, 0.15) is 5.82 Å². The highest BCUT2D eigenvalue weighted by Crippen LogP contribution is 2.34. The number of nitrogens with zero attached hydrogens (tertiary/aromatic N) is 1. The van der Waals surface area contributed by atoms with Crippen molar-refractivity contribution in [3.05, 3.63) is 11.3 Å². The number of aromatic amines is 1. The Morgan fingerprint density at radius 3 is 2.86 bits per heavy atom. The average Bonchev–Trinajstić information content (AvgIpc) is 2.94. The van der Waals surface area contributed by atoms with E-state index in [2.05, 4.69) is 17.1 Å². The maximum absolute atomic E-state index is 5.81. The summed E-state index contributed by atoms with van der Waals surface area (Å²) in [6, 6.07) is 0. The quantitative estimate of drug-likeness (QED) is 0.753. The van der Waals surface area contributed by atoms with Crippen molar-refractivity contribution >= 4 is 5.82 Å². The molecule has 1 aromatic rings. The molecule has 1 aromatic heterocycles. The maximum atomic E-state index is 5.81. The first-order valence-corrected chi connectivity index (χ1v) is 5.62. The van der Waals surface area contributed by atoms with Crippen molar-refractivity contribution < 1.29 is 0 Å². The van der Waals surface area contributed by atoms with Crippen molar-refractivity contribution in [2.45, 2.75) is 45.4 Å². The second-order valence-electron chi connectivity index (χ2n) is 4.30. The highest BCUT2D eigenvalue weighted by atomic mass is 15.2. The first-order valence-electron chi connectivity index (χ1n) is 5.62. The van der Waals surface area contributed by atoms with Gasteiger partial charge in [-0.3, -0.25) is 5.10 Å². The molecule has 1 aliphatic carbocycles. The van der Waals surface area contributed by atoms with Gasteiger partial charge in [-0.05, 0) is 25.2 Å². The minimum atomic E-state index is 0.706. The molecule has 1 saturated carbocycles. The Labute approximate surface area is 85.1 Å². The Morgan fingerprint density at radius 2 is 2.21 bits per heavy atom. The summed E-state index contributed by atoms with van der Waals surface area (Å²) in [5, 5.41) is 7.15. The monoisotopic (exact) mass is 193 g/mol. The lowest BCUT2D eigenvalue weighted by Gasteiger charge is -2.01. The Bertz CT molecular complexity index is 299. The predicted octanol–water partition coefficient (Wildman–Crippen LogP) is 2.29. The first-order chi connectivity index (χ1) is 6.81. The lowest BCUT2D eigenvalue weighted by atomic mass is 10.1. The normalized spacial score (nSPS) is 16.1. The molecule has 0 aromatic carbocycles. The van der Waals surface area contributed by atoms with Crippen molar-refractivity contribution in [3.63, 3.8) is 0 Å². The first kappa shape index (κ1) is 9.56. The van der Waals surface area contributed by atoms with Crippen LogP contribution in [0.25, 0.3) is 0 Å². The summed E-state index contributed by atoms with van der Waals surface area (Å²) in [4.78, 5) is 0. The van der Waals surface area contributed by atoms with Crippen LogP contribution in [0.2, 0.25) is 0 Å². The number of hydrogen-bond donors (Lipinski definition) is 2. The summed E-state index contributed by atoms with van der Waals surface area (Å²) in [7, 11) is 0. The van der Waals surface area contributed by atoms with E-state index >= 15 is 0 Å². The summed E-state index contributed by atoms with van der Waals surface area (Å²) in [5.41, 5.74) is 8.34. The van der Waals surface area contributed by atoms with Crippen LogP contribution >= 0.6 is 0 Å². The zero-order valence-electron chi connectivity index (χ0n) is 8.84. The molecule has 2 rings (SSSR count). The molecule has 1 fully saturated rings. The Kier molecular flexibility index (Phi) is 2.75. The third-order valence-electron chi connectivity index (χ3n) is 2.98. The van der Waals surface area contributed by atoms with E-state index in [0.29, 0.717) is 5.82 Å². The van der Waals surface area contributed by atoms with Crippen molar-refractivity contribution in [2.75, 3.05) is 5.73 Å². The number of aromatic nitrogens is 2. The van der Waals surface area contributed by atoms with Crippen molar-refractivity contribution in [1.29, 1.82) is 0 Å². The zero-order valence-corrected chi connectivity index (χ0v) is 8.84. The van der Waals surface area contributed by atoms with Gasteiger partial charge < -0.3 is 5.73 Å². The smallest absolute Gasteiger partial charge is 0.148 e. The maximum Gasteiger partial charge on any atom is 0.148 e. The van der Waals surface area contributed by atoms with Gasteiger partial charge in [0, 0.05) is 11.3 Å². The number of H-pyrrole nitrogens is 1. The van der Waals surface area contributed by atoms with Gasteiger partial charge in [0.25, 0.3) is 0 Å². The number of nitrogens with two attached hydrogens (primary N) is 1. The number of hydrogen-bond acceptors (Lipinski definition) is 2. The topological polar surface area (TPSA) is 54.7 Å². The van der Waals surface area contributed by atoms with Gasteiger partial charge in [-0.15, -0.1) is 0 Å². The lowest BCUT2D eigenvalue weighted by Crippen LogP contribution is -1.96. The SMILES string of the molecule is CCCc1c(N)n[nH]c1CCC1CC1. The summed E-state index contributed by atoms with van der Waals surface area (Å²) in [6.07, 6.45) is 7.48. The number of nitrogen functional groups attached to an aromatic ring is 1. The Balaban J connectivity index is 1.98. The molecule has 3 heteroatoms. The van der Waals surface area contributed by atoms with E-state index in [1.165, 1.54) is 30.5 Å². The van der Waals surface area contributed by atoms with Gasteiger partial charge in [0.2, 0.25) is 0 Å². The summed E-state index contributed by atoms with van der Waals surface area (Å²) < 4.78 is 0. The van der Waals surface area contributed by atoms with E-state index in [9.17, 15) is 0 Å². The van der Waals surface area contributed by atoms with E-state index in [-0.39, 0.29) is 0 Å². The fourth-order valence-electron chi connectivity index (χ4n) is 1.91. The van der Waals surface area contributed by atoms with E-state index in [1.807, 2.05) is 0 Å². The molecule has 0 bridgehead atoms. The summed E-state index contributed by atoms with van der Waals surface area (Å²) in [6.45, 7) is 2.18. The molecule has 78 valence electrons. The molecule has 1 heterocycles. The van der Waals surface area contributed by atoms with Crippen LogP contribution in [0.1, 0.15) is 43.9 Å². The molecule has 0 saturated heterocycles. The van der Waals surface area contributed by atoms with Crippen LogP contribution in [0.15, 0.2) is 0 Å². The van der Waals surface area contributed by atoms with Crippen molar-refractivity contribution in [3.8, 4) is 0 Å². The Hall–Kier alpha value is -0.990. The van der Waals surface area contributed by atoms with Crippen LogP contribution in [0.3, 0.4) is 0 Å². The van der Waals surface area contributed by atoms with Gasteiger partial charge >= 0.3 is 0 Å². The zero-order chi connectivity index (χ0) is 9.97. The van der Waals surface area contributed by atoms with Crippen LogP contribution < -0.4 is 5.73 Å². The molecule has 0 amide bonds. The van der Waals surface area contributed by atoms with Gasteiger partial charge in [0.05, 0.1) is 0 Å². The standard InChI is InChI=1S/C11H19N3/c1-2-3-9-10(13-14-11(9)12)7-6-8-4-5-8/h8H,2-7H2,1H3,(H3,12,13,14). The number of rotatable bonds is 5. The summed E-state index contributed by atoms with van der Waals surface area (Å²) in [5.74, 6) is 1.69. The minimum Gasteiger partial charge on any atom is -0.382 e. The molecule has 3 nitrogen and oxygen atoms in total. The molecule has 0 unspecified atom stereocenters. The molecule has 14 heavy (non-hydrogen) atoms. The average molecular weight is 193 g/mol. The fourth-order valence-corrected chi connectivity index (χ4v) is 1.91. The molecule has 0 spiro atoms. The number of nitrogens with one attached hydrogen (secondary N) is 1. The van der Waals surface area contributed by atoms with Crippen LogP contribution in [0.5, 0.6) is 0 Å². The number of aryl methyl sites for hydroxylation is 1. The van der Waals surface area contributed by atoms with Crippen LogP contribution in [-0.4, -0.2) is 10.2 Å². The molecular formula is C11H19N3. The second-order valence-corrected chi connectivity index (χ2v) is 4.30. The fraction of sp³-hybridized carbons (Fsp3) is 0.727. The van der Waals surface area contributed by atoms with Crippen molar-refractivity contribution in [2.24, 2.45) is 5.92 Å². The predicted molar refractivity (Wildman–Crippen MR) is 58.0 cm³/mol. The molecule has 0 atom stereocenters. The molecule has 3 N–H and O–H groups in total. The Morgan fingerprint density at radius 1 is 1.43 bits per heavy atom. The van der Waals surface area contributed by atoms with E-state index < -0.39 is 0 Å². The van der Waals surface area contributed by atoms with Gasteiger partial charge in [-0.25, -0.2) is 0 Å². The second kappa shape index (κ2) is 4.03. The van der Waals surface area contributed by atoms with Gasteiger partial charge in [-0.1, -0.05) is 26.2 Å². The molecule has 0 radical (unpaired) electrons. The molecular weight excluding hydrogens is 174 g/mol. The van der Waals surface area contributed by atoms with Gasteiger partial charge in [-0.2, -0.15) is 5.10 Å². The van der Waals surface area contributed by atoms with Crippen LogP contribution in [-0.2, 0) is 12.8 Å². The molecule has 0 aliphatic heterocycles. The highest BCUT2D eigenvalue weighted by Gasteiger charge is 2.21. The van der Waals surface area contributed by atoms with E-state index in [0.717, 1.165) is 25.2 Å². The minimum absolute atomic E-state index is 0.706. The third kappa shape index (κ3) is 2.08. The molecule has 1 aliphatic rings. The van der Waals surface area contributed by atoms with Crippen molar-refractivity contribution in [1.82, 2.24) is 10.2 Å².